The molecule has 7 aromatic carbocycles. The first-order chi connectivity index (χ1) is 20.7. The van der Waals surface area contributed by atoms with Crippen molar-refractivity contribution in [2.24, 2.45) is 0 Å². The maximum atomic E-state index is 2.38. The highest BCUT2D eigenvalue weighted by Gasteiger charge is 2.16. The van der Waals surface area contributed by atoms with E-state index in [0.29, 0.717) is 0 Å². The van der Waals surface area contributed by atoms with Gasteiger partial charge in [-0.2, -0.15) is 0 Å². The number of anilines is 3. The van der Waals surface area contributed by atoms with E-state index in [1.54, 1.807) is 0 Å². The van der Waals surface area contributed by atoms with Crippen molar-refractivity contribution < 1.29 is 0 Å². The van der Waals surface area contributed by atoms with Crippen LogP contribution in [0, 0.1) is 6.92 Å². The van der Waals surface area contributed by atoms with E-state index in [4.69, 9.17) is 0 Å². The Morgan fingerprint density at radius 1 is 0.381 bits per heavy atom. The first-order valence-corrected chi connectivity index (χ1v) is 14.4. The summed E-state index contributed by atoms with van der Waals surface area (Å²) in [6.07, 6.45) is 0. The highest BCUT2D eigenvalue weighted by Crippen LogP contribution is 2.41. The molecular weight excluding hydrogens is 506 g/mol. The molecule has 0 fully saturated rings. The van der Waals surface area contributed by atoms with Gasteiger partial charge in [0.2, 0.25) is 0 Å². The Morgan fingerprint density at radius 2 is 0.952 bits per heavy atom. The zero-order valence-electron chi connectivity index (χ0n) is 23.6. The van der Waals surface area contributed by atoms with Gasteiger partial charge in [-0.1, -0.05) is 140 Å². The molecule has 0 aromatic heterocycles. The Kier molecular flexibility index (Phi) is 6.84. The standard InChI is InChI=1S/C41H31N/c1-30-28-36(24-27-39(30)33-14-6-3-7-15-33)35-18-10-19-38(29-35)42(41-21-11-17-34-16-8-9-20-40(34)41)37-25-22-32(23-26-37)31-12-4-2-5-13-31/h2-29H,1H3. The lowest BCUT2D eigenvalue weighted by Crippen LogP contribution is -2.10. The van der Waals surface area contributed by atoms with Crippen molar-refractivity contribution in [3.63, 3.8) is 0 Å². The number of hydrogen-bond acceptors (Lipinski definition) is 1. The fourth-order valence-electron chi connectivity index (χ4n) is 5.87. The third-order valence-corrected chi connectivity index (χ3v) is 7.99. The summed E-state index contributed by atoms with van der Waals surface area (Å²) < 4.78 is 0. The molecule has 0 spiro atoms. The van der Waals surface area contributed by atoms with E-state index in [2.05, 4.69) is 182 Å². The third kappa shape index (κ3) is 4.98. The number of fused-ring (bicyclic) bond motifs is 1. The summed E-state index contributed by atoms with van der Waals surface area (Å²) in [7, 11) is 0. The molecule has 0 saturated heterocycles. The van der Waals surface area contributed by atoms with Gasteiger partial charge in [-0.15, -0.1) is 0 Å². The minimum Gasteiger partial charge on any atom is -0.310 e. The zero-order valence-corrected chi connectivity index (χ0v) is 23.6. The van der Waals surface area contributed by atoms with E-state index in [0.717, 1.165) is 17.1 Å². The van der Waals surface area contributed by atoms with Crippen LogP contribution in [0.5, 0.6) is 0 Å². The van der Waals surface area contributed by atoms with Crippen molar-refractivity contribution in [1.29, 1.82) is 0 Å². The monoisotopic (exact) mass is 537 g/mol. The van der Waals surface area contributed by atoms with Gasteiger partial charge in [-0.3, -0.25) is 0 Å². The van der Waals surface area contributed by atoms with Gasteiger partial charge in [0.1, 0.15) is 0 Å². The van der Waals surface area contributed by atoms with Crippen LogP contribution in [-0.4, -0.2) is 0 Å². The normalized spacial score (nSPS) is 11.0. The van der Waals surface area contributed by atoms with Gasteiger partial charge in [-0.05, 0) is 81.6 Å². The summed E-state index contributed by atoms with van der Waals surface area (Å²) in [5.74, 6) is 0. The van der Waals surface area contributed by atoms with Crippen LogP contribution in [0.2, 0.25) is 0 Å². The first kappa shape index (κ1) is 25.6. The van der Waals surface area contributed by atoms with Crippen LogP contribution < -0.4 is 4.90 Å². The third-order valence-electron chi connectivity index (χ3n) is 7.99. The molecule has 1 nitrogen and oxygen atoms in total. The van der Waals surface area contributed by atoms with Crippen LogP contribution in [0.25, 0.3) is 44.2 Å². The topological polar surface area (TPSA) is 3.24 Å². The molecule has 0 aliphatic carbocycles. The highest BCUT2D eigenvalue weighted by atomic mass is 15.1. The Morgan fingerprint density at radius 3 is 1.71 bits per heavy atom. The summed E-state index contributed by atoms with van der Waals surface area (Å²) in [6, 6.07) is 60.9. The summed E-state index contributed by atoms with van der Waals surface area (Å²) in [5, 5.41) is 2.45. The van der Waals surface area contributed by atoms with Gasteiger partial charge in [-0.25, -0.2) is 0 Å². The van der Waals surface area contributed by atoms with Crippen LogP contribution in [0.15, 0.2) is 170 Å². The van der Waals surface area contributed by atoms with Crippen molar-refractivity contribution in [2.45, 2.75) is 6.92 Å². The maximum Gasteiger partial charge on any atom is 0.0540 e. The van der Waals surface area contributed by atoms with Gasteiger partial charge < -0.3 is 4.90 Å². The summed E-state index contributed by atoms with van der Waals surface area (Å²) in [4.78, 5) is 2.38. The molecule has 0 unspecified atom stereocenters. The van der Waals surface area contributed by atoms with Crippen LogP contribution in [0.4, 0.5) is 17.1 Å². The van der Waals surface area contributed by atoms with Crippen LogP contribution >= 0.6 is 0 Å². The average molecular weight is 538 g/mol. The molecule has 7 aromatic rings. The lowest BCUT2D eigenvalue weighted by Gasteiger charge is -2.27. The number of aryl methyl sites for hydroxylation is 1. The molecule has 0 bridgehead atoms. The average Bonchev–Trinajstić information content (AvgIpc) is 3.06. The van der Waals surface area contributed by atoms with Crippen LogP contribution in [0.1, 0.15) is 5.56 Å². The summed E-state index contributed by atoms with van der Waals surface area (Å²) >= 11 is 0. The molecule has 0 saturated carbocycles. The lowest BCUT2D eigenvalue weighted by atomic mass is 9.95. The van der Waals surface area contributed by atoms with Gasteiger partial charge in [0, 0.05) is 16.8 Å². The highest BCUT2D eigenvalue weighted by molar-refractivity contribution is 5.99. The molecular formula is C41H31N. The molecule has 0 atom stereocenters. The van der Waals surface area contributed by atoms with Crippen molar-refractivity contribution in [2.75, 3.05) is 4.90 Å². The molecule has 42 heavy (non-hydrogen) atoms. The second kappa shape index (κ2) is 11.2. The van der Waals surface area contributed by atoms with E-state index in [1.165, 1.54) is 49.7 Å². The fraction of sp³-hybridized carbons (Fsp3) is 0.0244. The van der Waals surface area contributed by atoms with Gasteiger partial charge in [0.15, 0.2) is 0 Å². The molecule has 0 N–H and O–H groups in total. The molecule has 7 rings (SSSR count). The predicted molar refractivity (Wildman–Crippen MR) is 180 cm³/mol. The SMILES string of the molecule is Cc1cc(-c2cccc(N(c3ccc(-c4ccccc4)cc3)c3cccc4ccccc34)c2)ccc1-c1ccccc1. The zero-order chi connectivity index (χ0) is 28.3. The largest absolute Gasteiger partial charge is 0.310 e. The fourth-order valence-corrected chi connectivity index (χ4v) is 5.87. The van der Waals surface area contributed by atoms with E-state index in [1.807, 2.05) is 0 Å². The van der Waals surface area contributed by atoms with Gasteiger partial charge in [0.25, 0.3) is 0 Å². The quantitative estimate of drug-likeness (QED) is 0.204. The number of hydrogen-bond donors (Lipinski definition) is 0. The summed E-state index contributed by atoms with van der Waals surface area (Å²) in [6.45, 7) is 2.20. The Balaban J connectivity index is 1.34. The van der Waals surface area contributed by atoms with E-state index < -0.39 is 0 Å². The van der Waals surface area contributed by atoms with Crippen molar-refractivity contribution in [3.8, 4) is 33.4 Å². The smallest absolute Gasteiger partial charge is 0.0540 e. The van der Waals surface area contributed by atoms with E-state index >= 15 is 0 Å². The molecule has 1 heteroatoms. The minimum atomic E-state index is 1.12. The van der Waals surface area contributed by atoms with Gasteiger partial charge >= 0.3 is 0 Å². The molecule has 0 heterocycles. The van der Waals surface area contributed by atoms with Crippen LogP contribution in [-0.2, 0) is 0 Å². The molecule has 0 aliphatic heterocycles. The molecule has 0 aliphatic rings. The molecule has 200 valence electrons. The maximum absolute atomic E-state index is 2.38. The molecule has 0 amide bonds. The van der Waals surface area contributed by atoms with Gasteiger partial charge in [0.05, 0.1) is 5.69 Å². The summed E-state index contributed by atoms with van der Waals surface area (Å²) in [5.41, 5.74) is 12.0. The van der Waals surface area contributed by atoms with E-state index in [-0.39, 0.29) is 0 Å². The Labute approximate surface area is 248 Å². The number of rotatable bonds is 6. The van der Waals surface area contributed by atoms with E-state index in [9.17, 15) is 0 Å². The predicted octanol–water partition coefficient (Wildman–Crippen LogP) is 11.6. The minimum absolute atomic E-state index is 1.12. The Bertz CT molecular complexity index is 1970. The van der Waals surface area contributed by atoms with Crippen molar-refractivity contribution in [3.05, 3.63) is 175 Å². The van der Waals surface area contributed by atoms with Crippen molar-refractivity contribution >= 4 is 27.8 Å². The Hall–Kier alpha value is -5.40. The first-order valence-electron chi connectivity index (χ1n) is 14.4. The molecule has 0 radical (unpaired) electrons. The van der Waals surface area contributed by atoms with Crippen LogP contribution in [0.3, 0.4) is 0 Å². The second-order valence-electron chi connectivity index (χ2n) is 10.7. The number of benzene rings is 7. The lowest BCUT2D eigenvalue weighted by molar-refractivity contribution is 1.30. The van der Waals surface area contributed by atoms with Crippen molar-refractivity contribution in [1.82, 2.24) is 0 Å². The number of nitrogens with zero attached hydrogens (tertiary/aromatic N) is 1. The second-order valence-corrected chi connectivity index (χ2v) is 10.7.